The second kappa shape index (κ2) is 2.13. The summed E-state index contributed by atoms with van der Waals surface area (Å²) in [5.41, 5.74) is 1.26. The lowest BCUT2D eigenvalue weighted by Gasteiger charge is -2.10. The molecule has 0 fully saturated rings. The van der Waals surface area contributed by atoms with Crippen molar-refractivity contribution >= 4 is 29.2 Å². The molecule has 1 aliphatic heterocycles. The Labute approximate surface area is 64.1 Å². The molecule has 1 aromatic rings. The van der Waals surface area contributed by atoms with Crippen molar-refractivity contribution in [3.05, 3.63) is 17.0 Å². The van der Waals surface area contributed by atoms with Crippen LogP contribution in [0.15, 0.2) is 16.5 Å². The van der Waals surface area contributed by atoms with E-state index in [0.29, 0.717) is 6.85 Å². The van der Waals surface area contributed by atoms with Crippen LogP contribution in [0.1, 0.15) is 5.56 Å². The topological polar surface area (TPSA) is 24.4 Å². The zero-order valence-corrected chi connectivity index (χ0v) is 6.48. The van der Waals surface area contributed by atoms with Crippen molar-refractivity contribution in [2.24, 2.45) is 5.10 Å². The lowest BCUT2D eigenvalue weighted by Crippen LogP contribution is -2.41. The number of fused-ring (bicyclic) bond motifs is 1. The Kier molecular flexibility index (Phi) is 1.27. The van der Waals surface area contributed by atoms with Gasteiger partial charge in [0, 0.05) is 10.3 Å². The second-order valence-electron chi connectivity index (χ2n) is 2.35. The third-order valence-corrected chi connectivity index (χ3v) is 2.71. The van der Waals surface area contributed by atoms with E-state index in [1.165, 1.54) is 10.3 Å². The Hall–Kier alpha value is -0.765. The Morgan fingerprint density at radius 2 is 2.60 bits per heavy atom. The van der Waals surface area contributed by atoms with E-state index >= 15 is 0 Å². The second-order valence-corrected chi connectivity index (χ2v) is 3.30. The number of thiophene rings is 1. The molecule has 0 unspecified atom stereocenters. The van der Waals surface area contributed by atoms with Gasteiger partial charge in [-0.15, -0.1) is 0 Å². The van der Waals surface area contributed by atoms with Crippen LogP contribution in [0.25, 0.3) is 0 Å². The molecule has 10 heavy (non-hydrogen) atoms. The van der Waals surface area contributed by atoms with E-state index in [9.17, 15) is 0 Å². The highest BCUT2D eigenvalue weighted by atomic mass is 32.1. The maximum Gasteiger partial charge on any atom is 0.313 e. The van der Waals surface area contributed by atoms with E-state index < -0.39 is 0 Å². The first-order valence-electron chi connectivity index (χ1n) is 3.24. The molecule has 0 spiro atoms. The van der Waals surface area contributed by atoms with Crippen LogP contribution in [-0.2, 0) is 0 Å². The fraction of sp³-hybridized carbons (Fsp3) is 0.167. The van der Waals surface area contributed by atoms with Crippen LogP contribution in [0.4, 0.5) is 0 Å². The third-order valence-electron chi connectivity index (χ3n) is 1.59. The number of hydrogen-bond donors (Lipinski definition) is 1. The molecule has 2 rings (SSSR count). The smallest absolute Gasteiger partial charge is 0.313 e. The number of hydrogen-bond acceptors (Lipinski definition) is 3. The highest BCUT2D eigenvalue weighted by Gasteiger charge is 2.17. The zero-order valence-electron chi connectivity index (χ0n) is 5.66. The summed E-state index contributed by atoms with van der Waals surface area (Å²) in [4.78, 5) is 0. The molecule has 0 amide bonds. The first kappa shape index (κ1) is 5.98. The average molecular weight is 150 g/mol. The summed E-state index contributed by atoms with van der Waals surface area (Å²) in [7, 11) is 0. The molecule has 0 saturated heterocycles. The van der Waals surface area contributed by atoms with Gasteiger partial charge in [-0.1, -0.05) is 6.82 Å². The number of nitrogens with zero attached hydrogens (tertiary/aromatic N) is 1. The van der Waals surface area contributed by atoms with E-state index in [-0.39, 0.29) is 0 Å². The molecule has 2 heterocycles. The summed E-state index contributed by atoms with van der Waals surface area (Å²) in [5.74, 6) is 0. The number of hydrazone groups is 1. The van der Waals surface area contributed by atoms with E-state index in [2.05, 4.69) is 28.7 Å². The minimum atomic E-state index is 0.389. The van der Waals surface area contributed by atoms with Crippen molar-refractivity contribution in [2.45, 2.75) is 6.82 Å². The monoisotopic (exact) mass is 150 g/mol. The highest BCUT2D eigenvalue weighted by molar-refractivity contribution is 7.22. The normalized spacial score (nSPS) is 14.7. The van der Waals surface area contributed by atoms with E-state index in [1.54, 1.807) is 11.3 Å². The maximum absolute atomic E-state index is 4.00. The average Bonchev–Trinajstić information content (AvgIpc) is 2.36. The molecule has 0 bridgehead atoms. The molecule has 2 nitrogen and oxygen atoms in total. The summed E-state index contributed by atoms with van der Waals surface area (Å²) in [6, 6.07) is 2.10. The summed E-state index contributed by atoms with van der Waals surface area (Å²) >= 11 is 1.78. The Morgan fingerprint density at radius 1 is 1.70 bits per heavy atom. The van der Waals surface area contributed by atoms with E-state index in [1.807, 2.05) is 6.21 Å². The lowest BCUT2D eigenvalue weighted by atomic mass is 9.63. The quantitative estimate of drug-likeness (QED) is 0.535. The molecule has 0 radical (unpaired) electrons. The van der Waals surface area contributed by atoms with Gasteiger partial charge in [0.15, 0.2) is 0 Å². The van der Waals surface area contributed by atoms with Gasteiger partial charge in [0.1, 0.15) is 0 Å². The van der Waals surface area contributed by atoms with Gasteiger partial charge in [-0.2, -0.15) is 11.3 Å². The van der Waals surface area contributed by atoms with Crippen LogP contribution in [0.2, 0.25) is 6.82 Å². The molecule has 0 atom stereocenters. The molecule has 0 saturated carbocycles. The zero-order chi connectivity index (χ0) is 6.97. The van der Waals surface area contributed by atoms with E-state index in [0.717, 1.165) is 0 Å². The van der Waals surface area contributed by atoms with Gasteiger partial charge in [0.2, 0.25) is 0 Å². The molecule has 1 aliphatic rings. The molecule has 0 aliphatic carbocycles. The van der Waals surface area contributed by atoms with Gasteiger partial charge >= 0.3 is 6.85 Å². The fourth-order valence-corrected chi connectivity index (χ4v) is 1.94. The van der Waals surface area contributed by atoms with Crippen LogP contribution in [0.3, 0.4) is 0 Å². The van der Waals surface area contributed by atoms with Crippen molar-refractivity contribution < 1.29 is 0 Å². The van der Waals surface area contributed by atoms with Crippen molar-refractivity contribution in [1.29, 1.82) is 0 Å². The van der Waals surface area contributed by atoms with Gasteiger partial charge in [0.25, 0.3) is 0 Å². The predicted octanol–water partition coefficient (Wildman–Crippen LogP) is 0.514. The maximum atomic E-state index is 4.00. The summed E-state index contributed by atoms with van der Waals surface area (Å²) in [6.45, 7) is 2.51. The van der Waals surface area contributed by atoms with Crippen LogP contribution in [0.5, 0.6) is 0 Å². The van der Waals surface area contributed by atoms with Crippen LogP contribution < -0.4 is 10.1 Å². The van der Waals surface area contributed by atoms with Crippen LogP contribution in [0, 0.1) is 0 Å². The van der Waals surface area contributed by atoms with E-state index in [4.69, 9.17) is 0 Å². The Bertz CT molecular complexity index is 268. The molecular formula is C6H7BN2S. The molecular weight excluding hydrogens is 143 g/mol. The fourth-order valence-electron chi connectivity index (χ4n) is 1.07. The number of nitrogens with one attached hydrogen (secondary N) is 1. The summed E-state index contributed by atoms with van der Waals surface area (Å²) in [6.07, 6.45) is 1.87. The number of rotatable bonds is 0. The van der Waals surface area contributed by atoms with Crippen molar-refractivity contribution in [3.63, 3.8) is 0 Å². The van der Waals surface area contributed by atoms with Crippen molar-refractivity contribution in [1.82, 2.24) is 5.34 Å². The van der Waals surface area contributed by atoms with Gasteiger partial charge in [0.05, 0.1) is 6.21 Å². The Morgan fingerprint density at radius 3 is 3.40 bits per heavy atom. The first-order chi connectivity index (χ1) is 4.88. The molecule has 4 heteroatoms. The molecule has 1 aromatic heterocycles. The van der Waals surface area contributed by atoms with Gasteiger partial charge in [-0.3, -0.25) is 0 Å². The Balaban J connectivity index is 2.52. The summed E-state index contributed by atoms with van der Waals surface area (Å²) < 4.78 is 1.38. The van der Waals surface area contributed by atoms with Crippen LogP contribution in [-0.4, -0.2) is 13.1 Å². The third kappa shape index (κ3) is 0.760. The minimum absolute atomic E-state index is 0.389. The van der Waals surface area contributed by atoms with Gasteiger partial charge in [-0.25, -0.2) is 5.10 Å². The largest absolute Gasteiger partial charge is 0.347 e. The van der Waals surface area contributed by atoms with Gasteiger partial charge in [-0.05, 0) is 11.4 Å². The summed E-state index contributed by atoms with van der Waals surface area (Å²) in [5, 5.41) is 9.10. The van der Waals surface area contributed by atoms with Crippen LogP contribution >= 0.6 is 11.3 Å². The first-order valence-corrected chi connectivity index (χ1v) is 4.12. The van der Waals surface area contributed by atoms with Crippen molar-refractivity contribution in [3.8, 4) is 0 Å². The van der Waals surface area contributed by atoms with Gasteiger partial charge < -0.3 is 5.34 Å². The SMILES string of the molecule is CB1NN=Cc2ccsc21. The lowest BCUT2D eigenvalue weighted by molar-refractivity contribution is 1.07. The predicted molar refractivity (Wildman–Crippen MR) is 46.3 cm³/mol. The standard InChI is InChI=1S/C6H7BN2S/c1-7-6-5(2-3-10-6)4-8-9-7/h2-4,9H,1H3. The highest BCUT2D eigenvalue weighted by Crippen LogP contribution is 2.04. The molecule has 1 N–H and O–H groups in total. The van der Waals surface area contributed by atoms with Crippen molar-refractivity contribution in [2.75, 3.05) is 0 Å². The molecule has 0 aromatic carbocycles. The minimum Gasteiger partial charge on any atom is -0.347 e. The molecule has 50 valence electrons.